The third-order valence-corrected chi connectivity index (χ3v) is 2.67. The van der Waals surface area contributed by atoms with Crippen molar-refractivity contribution >= 4 is 5.82 Å². The number of nitrogens with zero attached hydrogens (tertiary/aromatic N) is 1. The van der Waals surface area contributed by atoms with Crippen molar-refractivity contribution in [3.8, 4) is 5.75 Å². The quantitative estimate of drug-likeness (QED) is 0.876. The Labute approximate surface area is 108 Å². The highest BCUT2D eigenvalue weighted by molar-refractivity contribution is 5.40. The maximum atomic E-state index is 5.74. The molecule has 3 nitrogen and oxygen atoms in total. The second-order valence-electron chi connectivity index (χ2n) is 4.22. The van der Waals surface area contributed by atoms with Gasteiger partial charge in [0.25, 0.3) is 0 Å². The number of rotatable bonds is 5. The molecule has 0 radical (unpaired) electrons. The van der Waals surface area contributed by atoms with Crippen LogP contribution in [0.4, 0.5) is 5.82 Å². The predicted molar refractivity (Wildman–Crippen MR) is 73.7 cm³/mol. The van der Waals surface area contributed by atoms with E-state index in [1.54, 1.807) is 6.20 Å². The van der Waals surface area contributed by atoms with Gasteiger partial charge in [0.05, 0.1) is 6.61 Å². The molecule has 0 unspecified atom stereocenters. The molecule has 94 valence electrons. The van der Waals surface area contributed by atoms with Crippen molar-refractivity contribution in [2.75, 3.05) is 12.3 Å². The van der Waals surface area contributed by atoms with Crippen LogP contribution >= 0.6 is 0 Å². The van der Waals surface area contributed by atoms with Gasteiger partial charge < -0.3 is 10.5 Å². The van der Waals surface area contributed by atoms with E-state index in [4.69, 9.17) is 10.5 Å². The summed E-state index contributed by atoms with van der Waals surface area (Å²) < 4.78 is 5.74. The molecule has 0 fully saturated rings. The minimum absolute atomic E-state index is 0.555. The van der Waals surface area contributed by atoms with Gasteiger partial charge >= 0.3 is 0 Å². The summed E-state index contributed by atoms with van der Waals surface area (Å²) >= 11 is 0. The molecule has 1 aromatic heterocycles. The molecule has 0 bridgehead atoms. The number of anilines is 1. The zero-order valence-electron chi connectivity index (χ0n) is 10.6. The van der Waals surface area contributed by atoms with E-state index in [0.717, 1.165) is 30.8 Å². The van der Waals surface area contributed by atoms with Gasteiger partial charge in [0.1, 0.15) is 11.6 Å². The molecule has 1 heterocycles. The molecule has 0 aliphatic heterocycles. The summed E-state index contributed by atoms with van der Waals surface area (Å²) in [6.07, 6.45) is 3.56. The van der Waals surface area contributed by atoms with Gasteiger partial charge in [-0.25, -0.2) is 4.98 Å². The first-order valence-corrected chi connectivity index (χ1v) is 6.20. The molecule has 0 aliphatic rings. The molecule has 0 saturated heterocycles. The van der Waals surface area contributed by atoms with Crippen molar-refractivity contribution in [2.24, 2.45) is 0 Å². The molecule has 1 aromatic carbocycles. The number of pyridine rings is 1. The van der Waals surface area contributed by atoms with Crippen molar-refractivity contribution < 1.29 is 4.74 Å². The fraction of sp³-hybridized carbons (Fsp3) is 0.267. The zero-order valence-corrected chi connectivity index (χ0v) is 10.6. The van der Waals surface area contributed by atoms with E-state index in [9.17, 15) is 0 Å². The number of nitrogen functional groups attached to an aromatic ring is 1. The van der Waals surface area contributed by atoms with Crippen LogP contribution in [0.5, 0.6) is 5.75 Å². The average molecular weight is 242 g/mol. The largest absolute Gasteiger partial charge is 0.493 e. The van der Waals surface area contributed by atoms with Gasteiger partial charge in [0, 0.05) is 12.6 Å². The fourth-order valence-electron chi connectivity index (χ4n) is 1.83. The van der Waals surface area contributed by atoms with Crippen LogP contribution in [0.3, 0.4) is 0 Å². The Morgan fingerprint density at radius 2 is 2.06 bits per heavy atom. The third-order valence-electron chi connectivity index (χ3n) is 2.67. The minimum Gasteiger partial charge on any atom is -0.493 e. The van der Waals surface area contributed by atoms with Gasteiger partial charge in [0.15, 0.2) is 0 Å². The van der Waals surface area contributed by atoms with E-state index in [1.165, 1.54) is 5.56 Å². The Balaban J connectivity index is 2.17. The van der Waals surface area contributed by atoms with E-state index < -0.39 is 0 Å². The van der Waals surface area contributed by atoms with Crippen LogP contribution in [0.1, 0.15) is 24.5 Å². The zero-order chi connectivity index (χ0) is 12.8. The van der Waals surface area contributed by atoms with Crippen LogP contribution in [0.2, 0.25) is 0 Å². The van der Waals surface area contributed by atoms with Gasteiger partial charge in [-0.2, -0.15) is 0 Å². The maximum Gasteiger partial charge on any atom is 0.123 e. The molecule has 0 aliphatic carbocycles. The van der Waals surface area contributed by atoms with E-state index in [1.807, 2.05) is 30.3 Å². The fourth-order valence-corrected chi connectivity index (χ4v) is 1.83. The first kappa shape index (κ1) is 12.4. The lowest BCUT2D eigenvalue weighted by atomic mass is 10.1. The predicted octanol–water partition coefficient (Wildman–Crippen LogP) is 3.04. The molecule has 2 N–H and O–H groups in total. The van der Waals surface area contributed by atoms with Crippen LogP contribution in [-0.4, -0.2) is 11.6 Å². The Bertz CT molecular complexity index is 511. The molecular formula is C15H18N2O. The van der Waals surface area contributed by atoms with E-state index >= 15 is 0 Å². The number of nitrogens with two attached hydrogens (primary N) is 1. The maximum absolute atomic E-state index is 5.74. The highest BCUT2D eigenvalue weighted by Gasteiger charge is 2.04. The normalized spacial score (nSPS) is 10.3. The summed E-state index contributed by atoms with van der Waals surface area (Å²) in [5.74, 6) is 1.51. The molecule has 2 rings (SSSR count). The van der Waals surface area contributed by atoms with Gasteiger partial charge in [-0.05, 0) is 35.7 Å². The average Bonchev–Trinajstić information content (AvgIpc) is 2.38. The molecule has 3 heteroatoms. The lowest BCUT2D eigenvalue weighted by Crippen LogP contribution is -2.00. The lowest BCUT2D eigenvalue weighted by Gasteiger charge is -2.10. The highest BCUT2D eigenvalue weighted by Crippen LogP contribution is 2.21. The lowest BCUT2D eigenvalue weighted by molar-refractivity contribution is 0.314. The smallest absolute Gasteiger partial charge is 0.123 e. The summed E-state index contributed by atoms with van der Waals surface area (Å²) in [6, 6.07) is 12.0. The van der Waals surface area contributed by atoms with Crippen LogP contribution in [0.25, 0.3) is 0 Å². The van der Waals surface area contributed by atoms with Crippen LogP contribution in [-0.2, 0) is 6.42 Å². The Kier molecular flexibility index (Phi) is 4.18. The molecule has 2 aromatic rings. The molecule has 0 amide bonds. The van der Waals surface area contributed by atoms with Crippen molar-refractivity contribution in [1.82, 2.24) is 4.98 Å². The summed E-state index contributed by atoms with van der Waals surface area (Å²) in [5.41, 5.74) is 8.01. The standard InChI is InChI=1S/C15H18N2O/c1-2-9-18-14-6-4-3-5-13(14)10-12-7-8-17-15(16)11-12/h3-8,11H,2,9-10H2,1H3,(H2,16,17). The SMILES string of the molecule is CCCOc1ccccc1Cc1ccnc(N)c1. The number of hydrogen-bond donors (Lipinski definition) is 1. The molecular weight excluding hydrogens is 224 g/mol. The molecule has 0 saturated carbocycles. The number of ether oxygens (including phenoxy) is 1. The summed E-state index contributed by atoms with van der Waals surface area (Å²) in [7, 11) is 0. The molecule has 0 spiro atoms. The van der Waals surface area contributed by atoms with E-state index in [0.29, 0.717) is 5.82 Å². The highest BCUT2D eigenvalue weighted by atomic mass is 16.5. The molecule has 18 heavy (non-hydrogen) atoms. The van der Waals surface area contributed by atoms with E-state index in [-0.39, 0.29) is 0 Å². The van der Waals surface area contributed by atoms with Crippen LogP contribution in [0.15, 0.2) is 42.6 Å². The Morgan fingerprint density at radius 3 is 2.83 bits per heavy atom. The van der Waals surface area contributed by atoms with Crippen LogP contribution in [0, 0.1) is 0 Å². The Morgan fingerprint density at radius 1 is 1.22 bits per heavy atom. The van der Waals surface area contributed by atoms with Gasteiger partial charge in [-0.3, -0.25) is 0 Å². The molecule has 0 atom stereocenters. The first-order chi connectivity index (χ1) is 8.79. The summed E-state index contributed by atoms with van der Waals surface area (Å²) in [5, 5.41) is 0. The summed E-state index contributed by atoms with van der Waals surface area (Å²) in [4.78, 5) is 4.00. The minimum atomic E-state index is 0.555. The number of benzene rings is 1. The van der Waals surface area contributed by atoms with Crippen molar-refractivity contribution in [2.45, 2.75) is 19.8 Å². The Hall–Kier alpha value is -2.03. The van der Waals surface area contributed by atoms with Crippen molar-refractivity contribution in [3.63, 3.8) is 0 Å². The number of aromatic nitrogens is 1. The number of para-hydroxylation sites is 1. The summed E-state index contributed by atoms with van der Waals surface area (Å²) in [6.45, 7) is 2.85. The first-order valence-electron chi connectivity index (χ1n) is 6.20. The third kappa shape index (κ3) is 3.23. The van der Waals surface area contributed by atoms with E-state index in [2.05, 4.69) is 18.0 Å². The second kappa shape index (κ2) is 6.05. The second-order valence-corrected chi connectivity index (χ2v) is 4.22. The topological polar surface area (TPSA) is 48.1 Å². The van der Waals surface area contributed by atoms with Crippen LogP contribution < -0.4 is 10.5 Å². The van der Waals surface area contributed by atoms with Crippen molar-refractivity contribution in [3.05, 3.63) is 53.7 Å². The van der Waals surface area contributed by atoms with Crippen molar-refractivity contribution in [1.29, 1.82) is 0 Å². The van der Waals surface area contributed by atoms with Gasteiger partial charge in [0.2, 0.25) is 0 Å². The van der Waals surface area contributed by atoms with Gasteiger partial charge in [-0.15, -0.1) is 0 Å². The van der Waals surface area contributed by atoms with Gasteiger partial charge in [-0.1, -0.05) is 25.1 Å². The number of hydrogen-bond acceptors (Lipinski definition) is 3. The monoisotopic (exact) mass is 242 g/mol.